The second-order valence-electron chi connectivity index (χ2n) is 6.31. The van der Waals surface area contributed by atoms with Gasteiger partial charge in [-0.2, -0.15) is 0 Å². The molecular formula is C17H22F3NO2. The largest absolute Gasteiger partial charge is 0.573 e. The fourth-order valence-corrected chi connectivity index (χ4v) is 2.92. The molecule has 23 heavy (non-hydrogen) atoms. The van der Waals surface area contributed by atoms with E-state index in [0.717, 1.165) is 31.5 Å². The summed E-state index contributed by atoms with van der Waals surface area (Å²) in [6.45, 7) is 5.64. The standard InChI is InChI=1S/C17H22F3NO2/c1-12-4-3-9-21(11-12)16(22)10-13(2)14-5-7-15(8-6-14)23-17(18,19)20/h5-8,12-13H,3-4,9-11H2,1-2H3. The molecule has 2 unspecified atom stereocenters. The lowest BCUT2D eigenvalue weighted by Crippen LogP contribution is -2.39. The van der Waals surface area contributed by atoms with Crippen LogP contribution in [0, 0.1) is 5.92 Å². The first-order valence-electron chi connectivity index (χ1n) is 7.88. The number of carbonyl (C=O) groups is 1. The van der Waals surface area contributed by atoms with E-state index in [0.29, 0.717) is 12.3 Å². The molecule has 1 heterocycles. The van der Waals surface area contributed by atoms with Gasteiger partial charge >= 0.3 is 6.36 Å². The van der Waals surface area contributed by atoms with Crippen molar-refractivity contribution in [3.05, 3.63) is 29.8 Å². The van der Waals surface area contributed by atoms with Crippen LogP contribution in [0.15, 0.2) is 24.3 Å². The Kier molecular flexibility index (Phi) is 5.55. The maximum atomic E-state index is 12.3. The molecule has 1 fully saturated rings. The first-order chi connectivity index (χ1) is 10.7. The molecule has 0 spiro atoms. The van der Waals surface area contributed by atoms with Crippen molar-refractivity contribution in [2.45, 2.75) is 45.4 Å². The molecule has 1 aromatic rings. The van der Waals surface area contributed by atoms with E-state index in [-0.39, 0.29) is 17.6 Å². The molecule has 0 N–H and O–H groups in total. The Labute approximate surface area is 134 Å². The van der Waals surface area contributed by atoms with Crippen molar-refractivity contribution >= 4 is 5.91 Å². The molecule has 1 saturated heterocycles. The first kappa shape index (κ1) is 17.6. The van der Waals surface area contributed by atoms with Crippen molar-refractivity contribution in [3.63, 3.8) is 0 Å². The van der Waals surface area contributed by atoms with E-state index in [1.54, 1.807) is 12.1 Å². The molecule has 2 atom stereocenters. The number of nitrogens with zero attached hydrogens (tertiary/aromatic N) is 1. The second-order valence-corrected chi connectivity index (χ2v) is 6.31. The van der Waals surface area contributed by atoms with Gasteiger partial charge in [-0.15, -0.1) is 13.2 Å². The van der Waals surface area contributed by atoms with Crippen LogP contribution in [0.3, 0.4) is 0 Å². The Morgan fingerprint density at radius 3 is 2.57 bits per heavy atom. The van der Waals surface area contributed by atoms with Gasteiger partial charge in [0.1, 0.15) is 5.75 Å². The molecule has 6 heteroatoms. The van der Waals surface area contributed by atoms with Gasteiger partial charge in [0.25, 0.3) is 0 Å². The van der Waals surface area contributed by atoms with Crippen LogP contribution in [0.2, 0.25) is 0 Å². The molecule has 1 aromatic carbocycles. The van der Waals surface area contributed by atoms with Crippen LogP contribution in [-0.4, -0.2) is 30.3 Å². The molecule has 0 bridgehead atoms. The summed E-state index contributed by atoms with van der Waals surface area (Å²) >= 11 is 0. The average Bonchev–Trinajstić information content (AvgIpc) is 2.46. The maximum Gasteiger partial charge on any atom is 0.573 e. The number of carbonyl (C=O) groups excluding carboxylic acids is 1. The van der Waals surface area contributed by atoms with Crippen molar-refractivity contribution in [1.29, 1.82) is 0 Å². The minimum absolute atomic E-state index is 0.0420. The van der Waals surface area contributed by atoms with Gasteiger partial charge in [0.2, 0.25) is 5.91 Å². The summed E-state index contributed by atoms with van der Waals surface area (Å²) in [6, 6.07) is 5.73. The van der Waals surface area contributed by atoms with Gasteiger partial charge in [0, 0.05) is 19.5 Å². The third-order valence-corrected chi connectivity index (χ3v) is 4.17. The van der Waals surface area contributed by atoms with E-state index < -0.39 is 6.36 Å². The van der Waals surface area contributed by atoms with Gasteiger partial charge in [0.15, 0.2) is 0 Å². The molecule has 128 valence electrons. The fourth-order valence-electron chi connectivity index (χ4n) is 2.92. The minimum Gasteiger partial charge on any atom is -0.406 e. The van der Waals surface area contributed by atoms with E-state index in [9.17, 15) is 18.0 Å². The number of likely N-dealkylation sites (tertiary alicyclic amines) is 1. The number of piperidine rings is 1. The van der Waals surface area contributed by atoms with Crippen LogP contribution < -0.4 is 4.74 Å². The lowest BCUT2D eigenvalue weighted by molar-refractivity contribution is -0.274. The van der Waals surface area contributed by atoms with Crippen molar-refractivity contribution in [1.82, 2.24) is 4.90 Å². The molecule has 0 aliphatic carbocycles. The average molecular weight is 329 g/mol. The van der Waals surface area contributed by atoms with Gasteiger partial charge in [-0.1, -0.05) is 26.0 Å². The summed E-state index contributed by atoms with van der Waals surface area (Å²) in [7, 11) is 0. The zero-order valence-corrected chi connectivity index (χ0v) is 13.4. The van der Waals surface area contributed by atoms with Gasteiger partial charge in [0.05, 0.1) is 0 Å². The molecule has 1 aliphatic heterocycles. The van der Waals surface area contributed by atoms with E-state index in [1.807, 2.05) is 11.8 Å². The predicted octanol–water partition coefficient (Wildman–Crippen LogP) is 4.34. The summed E-state index contributed by atoms with van der Waals surface area (Å²) in [5.74, 6) is 0.353. The van der Waals surface area contributed by atoms with Gasteiger partial charge in [-0.3, -0.25) is 4.79 Å². The topological polar surface area (TPSA) is 29.5 Å². The lowest BCUT2D eigenvalue weighted by atomic mass is 9.95. The monoisotopic (exact) mass is 329 g/mol. The highest BCUT2D eigenvalue weighted by Gasteiger charge is 2.31. The predicted molar refractivity (Wildman–Crippen MR) is 81.1 cm³/mol. The quantitative estimate of drug-likeness (QED) is 0.822. The molecule has 3 nitrogen and oxygen atoms in total. The zero-order valence-electron chi connectivity index (χ0n) is 13.4. The van der Waals surface area contributed by atoms with Crippen molar-refractivity contribution in [3.8, 4) is 5.75 Å². The van der Waals surface area contributed by atoms with Crippen molar-refractivity contribution in [2.75, 3.05) is 13.1 Å². The van der Waals surface area contributed by atoms with Crippen LogP contribution in [0.4, 0.5) is 13.2 Å². The van der Waals surface area contributed by atoms with Gasteiger partial charge in [-0.05, 0) is 42.4 Å². The van der Waals surface area contributed by atoms with Crippen LogP contribution >= 0.6 is 0 Å². The summed E-state index contributed by atoms with van der Waals surface area (Å²) in [5, 5.41) is 0. The highest BCUT2D eigenvalue weighted by atomic mass is 19.4. The van der Waals surface area contributed by atoms with Crippen molar-refractivity contribution < 1.29 is 22.7 Å². The smallest absolute Gasteiger partial charge is 0.406 e. The lowest BCUT2D eigenvalue weighted by Gasteiger charge is -2.31. The summed E-state index contributed by atoms with van der Waals surface area (Å²) in [5.41, 5.74) is 0.831. The van der Waals surface area contributed by atoms with Crippen molar-refractivity contribution in [2.24, 2.45) is 5.92 Å². The number of rotatable bonds is 4. The number of ether oxygens (including phenoxy) is 1. The third-order valence-electron chi connectivity index (χ3n) is 4.17. The summed E-state index contributed by atoms with van der Waals surface area (Å²) < 4.78 is 40.3. The van der Waals surface area contributed by atoms with E-state index >= 15 is 0 Å². The van der Waals surface area contributed by atoms with Crippen LogP contribution in [0.25, 0.3) is 0 Å². The number of hydrogen-bond acceptors (Lipinski definition) is 2. The van der Waals surface area contributed by atoms with Crippen LogP contribution in [0.5, 0.6) is 5.75 Å². The molecule has 0 saturated carbocycles. The Morgan fingerprint density at radius 2 is 2.00 bits per heavy atom. The molecule has 1 aliphatic rings. The van der Waals surface area contributed by atoms with Gasteiger partial charge < -0.3 is 9.64 Å². The van der Waals surface area contributed by atoms with Crippen LogP contribution in [0.1, 0.15) is 44.6 Å². The minimum atomic E-state index is -4.69. The van der Waals surface area contributed by atoms with E-state index in [1.165, 1.54) is 12.1 Å². The number of hydrogen-bond donors (Lipinski definition) is 0. The second kappa shape index (κ2) is 7.23. The number of amides is 1. The van der Waals surface area contributed by atoms with E-state index in [2.05, 4.69) is 11.7 Å². The fraction of sp³-hybridized carbons (Fsp3) is 0.588. The Morgan fingerprint density at radius 1 is 1.35 bits per heavy atom. The molecular weight excluding hydrogens is 307 g/mol. The highest BCUT2D eigenvalue weighted by molar-refractivity contribution is 5.77. The first-order valence-corrected chi connectivity index (χ1v) is 7.88. The van der Waals surface area contributed by atoms with Gasteiger partial charge in [-0.25, -0.2) is 0 Å². The molecule has 2 rings (SSSR count). The zero-order chi connectivity index (χ0) is 17.0. The SMILES string of the molecule is CC1CCCN(C(=O)CC(C)c2ccc(OC(F)(F)F)cc2)C1. The Bertz CT molecular complexity index is 528. The van der Waals surface area contributed by atoms with Crippen LogP contribution in [-0.2, 0) is 4.79 Å². The number of alkyl halides is 3. The molecule has 0 radical (unpaired) electrons. The Balaban J connectivity index is 1.92. The number of halogens is 3. The maximum absolute atomic E-state index is 12.3. The summed E-state index contributed by atoms with van der Waals surface area (Å²) in [6.07, 6.45) is -2.13. The molecule has 1 amide bonds. The normalized spacial score (nSPS) is 20.2. The number of benzene rings is 1. The Hall–Kier alpha value is -1.72. The molecule has 0 aromatic heterocycles. The van der Waals surface area contributed by atoms with E-state index in [4.69, 9.17) is 0 Å². The summed E-state index contributed by atoms with van der Waals surface area (Å²) in [4.78, 5) is 14.2. The highest BCUT2D eigenvalue weighted by Crippen LogP contribution is 2.27. The third kappa shape index (κ3) is 5.44.